The Morgan fingerprint density at radius 2 is 2.24 bits per heavy atom. The molecule has 2 N–H and O–H groups in total. The molecular formula is C13H13N3O. The molecule has 0 aliphatic heterocycles. The van der Waals surface area contributed by atoms with Crippen molar-refractivity contribution in [2.45, 2.75) is 18.8 Å². The molecule has 86 valence electrons. The number of nitrogens with two attached hydrogens (primary N) is 1. The minimum atomic E-state index is -0.178. The largest absolute Gasteiger partial charge is 0.394 e. The second-order valence-corrected chi connectivity index (χ2v) is 4.39. The van der Waals surface area contributed by atoms with Crippen LogP contribution in [0.25, 0.3) is 5.69 Å². The average Bonchev–Trinajstić information content (AvgIpc) is 3.18. The van der Waals surface area contributed by atoms with Gasteiger partial charge in [-0.1, -0.05) is 0 Å². The van der Waals surface area contributed by atoms with Gasteiger partial charge in [-0.3, -0.25) is 14.3 Å². The van der Waals surface area contributed by atoms with Crippen molar-refractivity contribution in [3.8, 4) is 5.69 Å². The van der Waals surface area contributed by atoms with E-state index in [9.17, 15) is 4.79 Å². The van der Waals surface area contributed by atoms with Crippen molar-refractivity contribution >= 4 is 5.69 Å². The van der Waals surface area contributed by atoms with Gasteiger partial charge in [0, 0.05) is 12.4 Å². The number of anilines is 1. The van der Waals surface area contributed by atoms with E-state index in [1.807, 2.05) is 18.3 Å². The van der Waals surface area contributed by atoms with Gasteiger partial charge in [0.1, 0.15) is 0 Å². The molecule has 0 unspecified atom stereocenters. The molecule has 2 aromatic heterocycles. The van der Waals surface area contributed by atoms with E-state index in [2.05, 4.69) is 4.98 Å². The summed E-state index contributed by atoms with van der Waals surface area (Å²) in [6.45, 7) is 0. The fourth-order valence-corrected chi connectivity index (χ4v) is 1.95. The summed E-state index contributed by atoms with van der Waals surface area (Å²) in [5.74, 6) is 0.570. The predicted molar refractivity (Wildman–Crippen MR) is 66.2 cm³/mol. The lowest BCUT2D eigenvalue weighted by Gasteiger charge is -2.09. The minimum Gasteiger partial charge on any atom is -0.394 e. The number of aromatic nitrogens is 2. The fraction of sp³-hybridized carbons (Fsp3) is 0.231. The Hall–Kier alpha value is -2.10. The summed E-state index contributed by atoms with van der Waals surface area (Å²) in [6, 6.07) is 5.46. The van der Waals surface area contributed by atoms with Crippen LogP contribution in [0.1, 0.15) is 24.3 Å². The molecule has 2 heterocycles. The molecule has 2 aromatic rings. The molecule has 0 saturated heterocycles. The van der Waals surface area contributed by atoms with Crippen LogP contribution in [0.15, 0.2) is 41.6 Å². The third-order valence-electron chi connectivity index (χ3n) is 3.04. The fourth-order valence-electron chi connectivity index (χ4n) is 1.95. The van der Waals surface area contributed by atoms with Gasteiger partial charge in [-0.2, -0.15) is 0 Å². The minimum absolute atomic E-state index is 0.178. The Balaban J connectivity index is 2.18. The summed E-state index contributed by atoms with van der Waals surface area (Å²) in [5, 5.41) is 0. The van der Waals surface area contributed by atoms with Crippen LogP contribution in [0.5, 0.6) is 0 Å². The molecule has 0 atom stereocenters. The highest BCUT2D eigenvalue weighted by molar-refractivity contribution is 5.44. The van der Waals surface area contributed by atoms with E-state index >= 15 is 0 Å². The lowest BCUT2D eigenvalue weighted by molar-refractivity contribution is 0.945. The van der Waals surface area contributed by atoms with E-state index in [1.54, 1.807) is 23.0 Å². The second-order valence-electron chi connectivity index (χ2n) is 4.39. The van der Waals surface area contributed by atoms with Crippen LogP contribution in [-0.4, -0.2) is 9.55 Å². The zero-order valence-electron chi connectivity index (χ0n) is 9.34. The monoisotopic (exact) mass is 227 g/mol. The highest BCUT2D eigenvalue weighted by Crippen LogP contribution is 2.40. The molecular weight excluding hydrogens is 214 g/mol. The molecule has 1 aliphatic rings. The summed E-state index contributed by atoms with van der Waals surface area (Å²) in [4.78, 5) is 16.0. The van der Waals surface area contributed by atoms with Crippen LogP contribution in [0.4, 0.5) is 5.69 Å². The SMILES string of the molecule is Nc1cc(C2CC2)cn(-c2cccnc2)c1=O. The van der Waals surface area contributed by atoms with Gasteiger partial charge in [-0.05, 0) is 42.5 Å². The first kappa shape index (κ1) is 10.1. The van der Waals surface area contributed by atoms with Gasteiger partial charge in [0.05, 0.1) is 17.6 Å². The first-order chi connectivity index (χ1) is 8.25. The first-order valence-corrected chi connectivity index (χ1v) is 5.68. The standard InChI is InChI=1S/C13H13N3O/c14-12-6-10(9-3-4-9)8-16(13(12)17)11-2-1-5-15-7-11/h1-2,5-9H,3-4,14H2. The number of rotatable bonds is 2. The Labute approximate surface area is 98.7 Å². The Morgan fingerprint density at radius 3 is 2.88 bits per heavy atom. The topological polar surface area (TPSA) is 60.9 Å². The summed E-state index contributed by atoms with van der Waals surface area (Å²) in [5.41, 5.74) is 7.80. The maximum Gasteiger partial charge on any atom is 0.278 e. The average molecular weight is 227 g/mol. The van der Waals surface area contributed by atoms with Crippen LogP contribution in [0, 0.1) is 0 Å². The molecule has 0 aromatic carbocycles. The number of pyridine rings is 2. The molecule has 0 bridgehead atoms. The molecule has 0 radical (unpaired) electrons. The maximum absolute atomic E-state index is 12.0. The highest BCUT2D eigenvalue weighted by atomic mass is 16.1. The normalized spacial score (nSPS) is 14.8. The zero-order chi connectivity index (χ0) is 11.8. The summed E-state index contributed by atoms with van der Waals surface area (Å²) in [7, 11) is 0. The molecule has 0 amide bonds. The molecule has 4 nitrogen and oxygen atoms in total. The summed E-state index contributed by atoms with van der Waals surface area (Å²) >= 11 is 0. The molecule has 1 saturated carbocycles. The highest BCUT2D eigenvalue weighted by Gasteiger charge is 2.25. The Morgan fingerprint density at radius 1 is 1.41 bits per heavy atom. The van der Waals surface area contributed by atoms with E-state index in [0.29, 0.717) is 11.6 Å². The van der Waals surface area contributed by atoms with Crippen LogP contribution < -0.4 is 11.3 Å². The van der Waals surface area contributed by atoms with E-state index in [4.69, 9.17) is 5.73 Å². The van der Waals surface area contributed by atoms with Crippen molar-refractivity contribution in [3.05, 3.63) is 52.7 Å². The number of nitrogens with zero attached hydrogens (tertiary/aromatic N) is 2. The zero-order valence-corrected chi connectivity index (χ0v) is 9.34. The summed E-state index contributed by atoms with van der Waals surface area (Å²) < 4.78 is 1.58. The molecule has 17 heavy (non-hydrogen) atoms. The van der Waals surface area contributed by atoms with Gasteiger partial charge in [-0.15, -0.1) is 0 Å². The smallest absolute Gasteiger partial charge is 0.278 e. The van der Waals surface area contributed by atoms with Gasteiger partial charge in [0.2, 0.25) is 0 Å². The van der Waals surface area contributed by atoms with Gasteiger partial charge in [0.25, 0.3) is 5.56 Å². The predicted octanol–water partition coefficient (Wildman–Crippen LogP) is 1.69. The van der Waals surface area contributed by atoms with Crippen molar-refractivity contribution in [1.82, 2.24) is 9.55 Å². The summed E-state index contributed by atoms with van der Waals surface area (Å²) in [6.07, 6.45) is 7.60. The third-order valence-corrected chi connectivity index (χ3v) is 3.04. The lowest BCUT2D eigenvalue weighted by atomic mass is 10.2. The second kappa shape index (κ2) is 3.73. The Kier molecular flexibility index (Phi) is 2.21. The van der Waals surface area contributed by atoms with Crippen molar-refractivity contribution < 1.29 is 0 Å². The van der Waals surface area contributed by atoms with Crippen molar-refractivity contribution in [3.63, 3.8) is 0 Å². The van der Waals surface area contributed by atoms with Crippen molar-refractivity contribution in [1.29, 1.82) is 0 Å². The van der Waals surface area contributed by atoms with Crippen molar-refractivity contribution in [2.24, 2.45) is 0 Å². The quantitative estimate of drug-likeness (QED) is 0.849. The van der Waals surface area contributed by atoms with Gasteiger partial charge >= 0.3 is 0 Å². The van der Waals surface area contributed by atoms with Crippen LogP contribution >= 0.6 is 0 Å². The van der Waals surface area contributed by atoms with Crippen molar-refractivity contribution in [2.75, 3.05) is 5.73 Å². The lowest BCUT2D eigenvalue weighted by Crippen LogP contribution is -2.21. The molecule has 4 heteroatoms. The Bertz CT molecular complexity index is 600. The van der Waals surface area contributed by atoms with E-state index in [0.717, 1.165) is 11.3 Å². The maximum atomic E-state index is 12.0. The van der Waals surface area contributed by atoms with Crippen LogP contribution in [-0.2, 0) is 0 Å². The number of hydrogen-bond donors (Lipinski definition) is 1. The number of nitrogen functional groups attached to an aromatic ring is 1. The van der Waals surface area contributed by atoms with E-state index in [1.165, 1.54) is 12.8 Å². The molecule has 1 aliphatic carbocycles. The van der Waals surface area contributed by atoms with Crippen LogP contribution in [0.3, 0.4) is 0 Å². The van der Waals surface area contributed by atoms with E-state index < -0.39 is 0 Å². The van der Waals surface area contributed by atoms with Gasteiger partial charge in [-0.25, -0.2) is 0 Å². The number of hydrogen-bond acceptors (Lipinski definition) is 3. The molecule has 0 spiro atoms. The molecule has 3 rings (SSSR count). The van der Waals surface area contributed by atoms with E-state index in [-0.39, 0.29) is 5.56 Å². The first-order valence-electron chi connectivity index (χ1n) is 5.68. The van der Waals surface area contributed by atoms with Crippen LogP contribution in [0.2, 0.25) is 0 Å². The molecule has 1 fully saturated rings. The van der Waals surface area contributed by atoms with Gasteiger partial charge < -0.3 is 5.73 Å². The van der Waals surface area contributed by atoms with Gasteiger partial charge in [0.15, 0.2) is 0 Å². The third kappa shape index (κ3) is 1.82.